The number of nitrogens with one attached hydrogen (secondary N) is 6. The van der Waals surface area contributed by atoms with Crippen molar-refractivity contribution >= 4 is 47.0 Å². The molecule has 9 heteroatoms. The Hall–Kier alpha value is -5.58. The summed E-state index contributed by atoms with van der Waals surface area (Å²) in [6, 6.07) is 23.1. The Labute approximate surface area is 382 Å². The molecule has 2 amide bonds. The van der Waals surface area contributed by atoms with E-state index in [4.69, 9.17) is 0 Å². The van der Waals surface area contributed by atoms with Crippen LogP contribution in [-0.2, 0) is 22.7 Å². The van der Waals surface area contributed by atoms with E-state index in [0.29, 0.717) is 43.2 Å². The lowest BCUT2D eigenvalue weighted by Crippen LogP contribution is -2.42. The maximum Gasteiger partial charge on any atom is 0.246 e. The molecule has 3 aliphatic rings. The number of fused-ring (bicyclic) bond motifs is 3. The molecule has 7 rings (SSSR count). The predicted octanol–water partition coefficient (Wildman–Crippen LogP) is 9.39. The monoisotopic (exact) mass is 873 g/mol. The molecule has 6 N–H and O–H groups in total. The molecule has 0 radical (unpaired) electrons. The topological polar surface area (TPSA) is 106 Å². The molecule has 2 aliphatic carbocycles. The Kier molecular flexibility index (Phi) is 14.6. The zero-order valence-electron chi connectivity index (χ0n) is 39.3. The number of hydrogen-bond donors (Lipinski definition) is 6. The number of hydrogen-bond acceptors (Lipinski definition) is 6. The summed E-state index contributed by atoms with van der Waals surface area (Å²) in [4.78, 5) is 24.2. The number of allylic oxidation sites excluding steroid dienone is 8. The van der Waals surface area contributed by atoms with Crippen LogP contribution in [0, 0.1) is 12.8 Å². The molecule has 1 aliphatic heterocycles. The summed E-state index contributed by atoms with van der Waals surface area (Å²) in [5.74, 6) is 0.178. The van der Waals surface area contributed by atoms with Gasteiger partial charge in [0.15, 0.2) is 0 Å². The Balaban J connectivity index is 1.31. The number of carbonyl (C=O) groups is 2. The molecule has 1 heterocycles. The van der Waals surface area contributed by atoms with Crippen LogP contribution < -0.4 is 31.9 Å². The lowest BCUT2D eigenvalue weighted by molar-refractivity contribution is -0.118. The molecule has 0 aromatic heterocycles. The van der Waals surface area contributed by atoms with Crippen molar-refractivity contribution in [2.75, 3.05) is 40.3 Å². The van der Waals surface area contributed by atoms with Crippen LogP contribution in [0.4, 0.5) is 0 Å². The van der Waals surface area contributed by atoms with Crippen LogP contribution in [0.3, 0.4) is 0 Å². The third-order valence-corrected chi connectivity index (χ3v) is 16.9. The maximum absolute atomic E-state index is 12.1. The van der Waals surface area contributed by atoms with Crippen molar-refractivity contribution in [3.63, 3.8) is 0 Å². The smallest absolute Gasteiger partial charge is 0.246 e. The molecular formula is C55H68N6O2Si. The molecule has 0 fully saturated rings. The minimum absolute atomic E-state index is 0.100. The molecule has 0 saturated carbocycles. The minimum Gasteiger partial charge on any atom is -0.391 e. The number of amides is 2. The van der Waals surface area contributed by atoms with Crippen LogP contribution in [0.2, 0.25) is 13.1 Å². The van der Waals surface area contributed by atoms with Gasteiger partial charge in [0.1, 0.15) is 8.07 Å². The lowest BCUT2D eigenvalue weighted by Gasteiger charge is -2.43. The number of aryl methyl sites for hydroxylation is 1. The van der Waals surface area contributed by atoms with Gasteiger partial charge in [-0.2, -0.15) is 0 Å². The first-order valence-electron chi connectivity index (χ1n) is 23.1. The Bertz CT molecular complexity index is 2680. The third-order valence-electron chi connectivity index (χ3n) is 13.4. The van der Waals surface area contributed by atoms with Crippen molar-refractivity contribution in [3.05, 3.63) is 159 Å². The highest BCUT2D eigenvalue weighted by molar-refractivity contribution is 6.93. The Morgan fingerprint density at radius 2 is 1.34 bits per heavy atom. The highest BCUT2D eigenvalue weighted by Gasteiger charge is 2.43. The first-order chi connectivity index (χ1) is 30.7. The molecule has 8 nitrogen and oxygen atoms in total. The predicted molar refractivity (Wildman–Crippen MR) is 272 cm³/mol. The van der Waals surface area contributed by atoms with Gasteiger partial charge in [0.2, 0.25) is 11.8 Å². The van der Waals surface area contributed by atoms with Crippen LogP contribution in [-0.4, -0.2) is 66.2 Å². The molecule has 2 unspecified atom stereocenters. The molecule has 4 aromatic carbocycles. The number of benzene rings is 4. The van der Waals surface area contributed by atoms with Crippen molar-refractivity contribution in [2.24, 2.45) is 5.92 Å². The van der Waals surface area contributed by atoms with Gasteiger partial charge < -0.3 is 31.9 Å². The summed E-state index contributed by atoms with van der Waals surface area (Å²) in [5.41, 5.74) is 14.2. The van der Waals surface area contributed by atoms with Gasteiger partial charge in [-0.15, -0.1) is 0 Å². The zero-order chi connectivity index (χ0) is 45.7. The minimum atomic E-state index is -2.04. The summed E-state index contributed by atoms with van der Waals surface area (Å²) in [5, 5.41) is 28.4. The fourth-order valence-corrected chi connectivity index (χ4v) is 13.1. The number of rotatable bonds is 18. The quantitative estimate of drug-likeness (QED) is 0.0258. The second-order valence-electron chi connectivity index (χ2n) is 18.4. The van der Waals surface area contributed by atoms with Gasteiger partial charge in [0.05, 0.1) is 0 Å². The van der Waals surface area contributed by atoms with E-state index in [2.05, 4.69) is 171 Å². The highest BCUT2D eigenvalue weighted by Crippen LogP contribution is 2.52. The van der Waals surface area contributed by atoms with Crippen LogP contribution in [0.15, 0.2) is 137 Å². The van der Waals surface area contributed by atoms with Crippen molar-refractivity contribution in [1.29, 1.82) is 0 Å². The average molecular weight is 873 g/mol. The third kappa shape index (κ3) is 9.59. The standard InChI is InChI=1S/C55H68N6O2Si/c1-34(2)54(62)60-25-13-23-58-32-48-42-15-11-12-16-43(42)49(33-59-24-14-26-61-55(63)35(3)4)47-29-39(19-21-44(47)48)38-18-17-36(5)46(28-38)53-45-22-20-40(56-7)30-50(45)64(9,10)51-31-41(57-8)27-37(6)52(51)53/h11-12,15-22,28-31,37,40,56-59H,1,3,13-14,23-27,32-33H2,2,4-10H3,(H,60,62)(H,61,63). The second-order valence-corrected chi connectivity index (χ2v) is 22.8. The molecule has 334 valence electrons. The van der Waals surface area contributed by atoms with Crippen LogP contribution >= 0.6 is 0 Å². The SMILES string of the molecule is C=C(C)C(=O)NCCCNCc1c2ccccc2c(CNCCCNC(=O)C(=C)C)c2cc(-c3ccc(C)c(C4=C5C=CC(NC)C=C5[Si](C)(C)C5=C4C(C)CC(NC)=C5)c3)ccc12. The lowest BCUT2D eigenvalue weighted by atomic mass is 9.78. The highest BCUT2D eigenvalue weighted by atomic mass is 28.3. The molecule has 0 spiro atoms. The Morgan fingerprint density at radius 3 is 1.94 bits per heavy atom. The number of carbonyl (C=O) groups excluding carboxylic acids is 2. The van der Waals surface area contributed by atoms with Gasteiger partial charge in [-0.3, -0.25) is 9.59 Å². The van der Waals surface area contributed by atoms with Crippen molar-refractivity contribution in [1.82, 2.24) is 31.9 Å². The summed E-state index contributed by atoms with van der Waals surface area (Å²) < 4.78 is 0. The van der Waals surface area contributed by atoms with Crippen LogP contribution in [0.1, 0.15) is 62.3 Å². The normalized spacial score (nSPS) is 17.8. The van der Waals surface area contributed by atoms with E-state index in [1.807, 2.05) is 0 Å². The van der Waals surface area contributed by atoms with Gasteiger partial charge in [-0.1, -0.05) is 99.9 Å². The second kappa shape index (κ2) is 20.1. The first kappa shape index (κ1) is 46.4. The van der Waals surface area contributed by atoms with E-state index in [-0.39, 0.29) is 17.9 Å². The molecule has 2 atom stereocenters. The van der Waals surface area contributed by atoms with Gasteiger partial charge in [0.25, 0.3) is 0 Å². The summed E-state index contributed by atoms with van der Waals surface area (Å²) in [6.07, 6.45) is 12.3. The molecular weight excluding hydrogens is 805 g/mol. The van der Waals surface area contributed by atoms with E-state index >= 15 is 0 Å². The summed E-state index contributed by atoms with van der Waals surface area (Å²) in [6.45, 7) is 24.8. The first-order valence-corrected chi connectivity index (χ1v) is 26.1. The fourth-order valence-electron chi connectivity index (χ4n) is 9.77. The maximum atomic E-state index is 12.1. The van der Waals surface area contributed by atoms with Gasteiger partial charge in [-0.25, -0.2) is 0 Å². The van der Waals surface area contributed by atoms with E-state index in [1.165, 1.54) is 82.5 Å². The van der Waals surface area contributed by atoms with Crippen LogP contribution in [0.5, 0.6) is 0 Å². The van der Waals surface area contributed by atoms with E-state index in [1.54, 1.807) is 19.0 Å². The summed E-state index contributed by atoms with van der Waals surface area (Å²) >= 11 is 0. The van der Waals surface area contributed by atoms with Gasteiger partial charge in [0, 0.05) is 56.1 Å². The average Bonchev–Trinajstić information content (AvgIpc) is 3.29. The summed E-state index contributed by atoms with van der Waals surface area (Å²) in [7, 11) is 2.07. The molecule has 64 heavy (non-hydrogen) atoms. The van der Waals surface area contributed by atoms with Crippen LogP contribution in [0.25, 0.3) is 38.2 Å². The molecule has 0 bridgehead atoms. The largest absolute Gasteiger partial charge is 0.391 e. The Morgan fingerprint density at radius 1 is 0.766 bits per heavy atom. The van der Waals surface area contributed by atoms with Crippen molar-refractivity contribution in [3.8, 4) is 11.1 Å². The molecule has 0 saturated heterocycles. The fraction of sp³-hybridized carbons (Fsp3) is 0.345. The molecule has 4 aromatic rings. The van der Waals surface area contributed by atoms with E-state index in [9.17, 15) is 9.59 Å². The number of likely N-dealkylation sites (N-methyl/N-ethyl adjacent to an activating group) is 1. The van der Waals surface area contributed by atoms with Crippen molar-refractivity contribution < 1.29 is 9.59 Å². The van der Waals surface area contributed by atoms with Gasteiger partial charge in [-0.05, 0) is 166 Å². The van der Waals surface area contributed by atoms with Crippen molar-refractivity contribution in [2.45, 2.75) is 79.2 Å². The van der Waals surface area contributed by atoms with Gasteiger partial charge >= 0.3 is 0 Å². The van der Waals surface area contributed by atoms with E-state index in [0.717, 1.165) is 32.4 Å². The van der Waals surface area contributed by atoms with E-state index < -0.39 is 8.07 Å². The zero-order valence-corrected chi connectivity index (χ0v) is 40.3.